The van der Waals surface area contributed by atoms with Crippen molar-refractivity contribution >= 4 is 0 Å². The summed E-state index contributed by atoms with van der Waals surface area (Å²) in [6, 6.07) is 0. The van der Waals surface area contributed by atoms with E-state index >= 15 is 0 Å². The third-order valence-corrected chi connectivity index (χ3v) is 1.27. The molecule has 0 unspecified atom stereocenters. The Morgan fingerprint density at radius 3 is 2.42 bits per heavy atom. The van der Waals surface area contributed by atoms with Crippen LogP contribution in [-0.2, 0) is 4.74 Å². The molecule has 0 spiro atoms. The summed E-state index contributed by atoms with van der Waals surface area (Å²) in [4.78, 5) is 0. The van der Waals surface area contributed by atoms with E-state index < -0.39 is 0 Å². The lowest BCUT2D eigenvalue weighted by Crippen LogP contribution is -1.92. The van der Waals surface area contributed by atoms with Crippen LogP contribution in [0.25, 0.3) is 0 Å². The minimum atomic E-state index is -0.142. The van der Waals surface area contributed by atoms with Crippen molar-refractivity contribution in [3.63, 3.8) is 0 Å². The average Bonchev–Trinajstić information content (AvgIpc) is 2.00. The summed E-state index contributed by atoms with van der Waals surface area (Å²) >= 11 is 0. The van der Waals surface area contributed by atoms with E-state index in [1.54, 1.807) is 6.08 Å². The first-order valence-electron chi connectivity index (χ1n) is 3.54. The van der Waals surface area contributed by atoms with Crippen LogP contribution in [0.3, 0.4) is 0 Å². The number of hydrogen-bond donors (Lipinski definition) is 2. The lowest BCUT2D eigenvalue weighted by molar-refractivity contribution is 0.256. The van der Waals surface area contributed by atoms with Gasteiger partial charge in [0.2, 0.25) is 0 Å². The van der Waals surface area contributed by atoms with Gasteiger partial charge < -0.3 is 14.9 Å². The van der Waals surface area contributed by atoms with E-state index in [2.05, 4.69) is 13.2 Å². The molecule has 0 aliphatic carbocycles. The van der Waals surface area contributed by atoms with Gasteiger partial charge in [0, 0.05) is 6.61 Å². The SMILES string of the molecule is C=C(/C=C(/OC)C(=C)O)CCO. The molecule has 3 heteroatoms. The predicted molar refractivity (Wildman–Crippen MR) is 47.7 cm³/mol. The van der Waals surface area contributed by atoms with E-state index in [-0.39, 0.29) is 18.1 Å². The Kier molecular flexibility index (Phi) is 4.88. The van der Waals surface area contributed by atoms with E-state index in [1.165, 1.54) is 7.11 Å². The zero-order valence-corrected chi connectivity index (χ0v) is 7.21. The van der Waals surface area contributed by atoms with Gasteiger partial charge in [-0.05, 0) is 18.1 Å². The highest BCUT2D eigenvalue weighted by Crippen LogP contribution is 2.10. The van der Waals surface area contributed by atoms with Gasteiger partial charge >= 0.3 is 0 Å². The van der Waals surface area contributed by atoms with Gasteiger partial charge in [-0.2, -0.15) is 0 Å². The molecule has 0 aliphatic heterocycles. The lowest BCUT2D eigenvalue weighted by atomic mass is 10.2. The van der Waals surface area contributed by atoms with E-state index in [0.29, 0.717) is 12.0 Å². The van der Waals surface area contributed by atoms with Crippen LogP contribution in [-0.4, -0.2) is 23.9 Å². The Labute approximate surface area is 72.3 Å². The van der Waals surface area contributed by atoms with Crippen LogP contribution in [0.4, 0.5) is 0 Å². The van der Waals surface area contributed by atoms with Crippen LogP contribution < -0.4 is 0 Å². The van der Waals surface area contributed by atoms with Gasteiger partial charge in [0.1, 0.15) is 5.76 Å². The van der Waals surface area contributed by atoms with Crippen LogP contribution in [0.2, 0.25) is 0 Å². The third-order valence-electron chi connectivity index (χ3n) is 1.27. The Morgan fingerprint density at radius 1 is 1.50 bits per heavy atom. The Bertz CT molecular complexity index is 204. The van der Waals surface area contributed by atoms with Crippen molar-refractivity contribution in [3.05, 3.63) is 36.3 Å². The van der Waals surface area contributed by atoms with Crippen molar-refractivity contribution < 1.29 is 14.9 Å². The fourth-order valence-electron chi connectivity index (χ4n) is 0.661. The highest BCUT2D eigenvalue weighted by Gasteiger charge is 1.99. The summed E-state index contributed by atoms with van der Waals surface area (Å²) in [5, 5.41) is 17.5. The van der Waals surface area contributed by atoms with E-state index in [0.717, 1.165) is 0 Å². The monoisotopic (exact) mass is 170 g/mol. The first-order valence-corrected chi connectivity index (χ1v) is 3.54. The number of methoxy groups -OCH3 is 1. The standard InChI is InChI=1S/C9H14O3/c1-7(4-5-10)6-9(12-3)8(2)11/h6,10-11H,1-2,4-5H2,3H3/b9-6+. The van der Waals surface area contributed by atoms with Crippen LogP contribution in [0.5, 0.6) is 0 Å². The quantitative estimate of drug-likeness (QED) is 0.486. The number of ether oxygens (including phenoxy) is 1. The topological polar surface area (TPSA) is 49.7 Å². The van der Waals surface area contributed by atoms with Gasteiger partial charge in [-0.25, -0.2) is 0 Å². The van der Waals surface area contributed by atoms with Crippen LogP contribution in [0.15, 0.2) is 36.3 Å². The maximum Gasteiger partial charge on any atom is 0.160 e. The van der Waals surface area contributed by atoms with Crippen molar-refractivity contribution in [2.45, 2.75) is 6.42 Å². The summed E-state index contributed by atoms with van der Waals surface area (Å²) in [7, 11) is 1.43. The van der Waals surface area contributed by atoms with Gasteiger partial charge in [0.05, 0.1) is 7.11 Å². The maximum absolute atomic E-state index is 8.94. The van der Waals surface area contributed by atoms with Crippen LogP contribution in [0.1, 0.15) is 6.42 Å². The normalized spacial score (nSPS) is 11.0. The zero-order valence-electron chi connectivity index (χ0n) is 7.21. The summed E-state index contributed by atoms with van der Waals surface area (Å²) in [5.41, 5.74) is 0.685. The number of rotatable bonds is 5. The number of hydrogen-bond acceptors (Lipinski definition) is 3. The minimum absolute atomic E-state index is 0.0320. The highest BCUT2D eigenvalue weighted by atomic mass is 16.5. The van der Waals surface area contributed by atoms with E-state index in [4.69, 9.17) is 14.9 Å². The minimum Gasteiger partial charge on any atom is -0.505 e. The second-order valence-corrected chi connectivity index (χ2v) is 2.29. The maximum atomic E-state index is 8.94. The first kappa shape index (κ1) is 10.8. The van der Waals surface area contributed by atoms with Crippen LogP contribution >= 0.6 is 0 Å². The molecule has 0 bridgehead atoms. The number of allylic oxidation sites excluding steroid dienone is 1. The van der Waals surface area contributed by atoms with Gasteiger partial charge in [-0.1, -0.05) is 13.2 Å². The molecule has 0 rings (SSSR count). The zero-order chi connectivity index (χ0) is 9.56. The summed E-state index contributed by atoms with van der Waals surface area (Å²) in [5.74, 6) is 0.130. The molecular formula is C9H14O3. The molecule has 0 saturated heterocycles. The van der Waals surface area contributed by atoms with Gasteiger partial charge in [0.15, 0.2) is 5.76 Å². The summed E-state index contributed by atoms with van der Waals surface area (Å²) in [6.45, 7) is 6.98. The Balaban J connectivity index is 4.28. The molecule has 0 atom stereocenters. The smallest absolute Gasteiger partial charge is 0.160 e. The summed E-state index contributed by atoms with van der Waals surface area (Å²) in [6.07, 6.45) is 2.00. The van der Waals surface area contributed by atoms with Gasteiger partial charge in [0.25, 0.3) is 0 Å². The molecule has 0 fully saturated rings. The Morgan fingerprint density at radius 2 is 2.08 bits per heavy atom. The average molecular weight is 170 g/mol. The molecule has 0 aromatic rings. The molecule has 0 aromatic heterocycles. The molecule has 2 N–H and O–H groups in total. The van der Waals surface area contributed by atoms with Crippen molar-refractivity contribution in [2.75, 3.05) is 13.7 Å². The molecule has 68 valence electrons. The van der Waals surface area contributed by atoms with Crippen molar-refractivity contribution in [1.29, 1.82) is 0 Å². The molecule has 0 radical (unpaired) electrons. The summed E-state index contributed by atoms with van der Waals surface area (Å²) < 4.78 is 4.80. The molecule has 3 nitrogen and oxygen atoms in total. The van der Waals surface area contributed by atoms with Crippen molar-refractivity contribution in [1.82, 2.24) is 0 Å². The van der Waals surface area contributed by atoms with E-state index in [9.17, 15) is 0 Å². The molecule has 0 heterocycles. The fourth-order valence-corrected chi connectivity index (χ4v) is 0.661. The lowest BCUT2D eigenvalue weighted by Gasteiger charge is -2.04. The molecule has 0 aliphatic rings. The Hall–Kier alpha value is -1.22. The number of aliphatic hydroxyl groups is 2. The highest BCUT2D eigenvalue weighted by molar-refractivity contribution is 5.26. The largest absolute Gasteiger partial charge is 0.505 e. The van der Waals surface area contributed by atoms with Gasteiger partial charge in [-0.3, -0.25) is 0 Å². The molecule has 0 aromatic carbocycles. The van der Waals surface area contributed by atoms with Gasteiger partial charge in [-0.15, -0.1) is 0 Å². The van der Waals surface area contributed by atoms with Crippen molar-refractivity contribution in [2.24, 2.45) is 0 Å². The fraction of sp³-hybridized carbons (Fsp3) is 0.333. The van der Waals surface area contributed by atoms with Crippen molar-refractivity contribution in [3.8, 4) is 0 Å². The molecule has 12 heavy (non-hydrogen) atoms. The first-order chi connectivity index (χ1) is 5.61. The van der Waals surface area contributed by atoms with Crippen LogP contribution in [0, 0.1) is 0 Å². The third kappa shape index (κ3) is 3.83. The van der Waals surface area contributed by atoms with E-state index in [1.807, 2.05) is 0 Å². The number of aliphatic hydroxyl groups excluding tert-OH is 2. The molecule has 0 amide bonds. The molecule has 0 saturated carbocycles. The second-order valence-electron chi connectivity index (χ2n) is 2.29. The second kappa shape index (κ2) is 5.43. The predicted octanol–water partition coefficient (Wildman–Crippen LogP) is 1.53. The molecular weight excluding hydrogens is 156 g/mol.